The van der Waals surface area contributed by atoms with Crippen LogP contribution in [0.4, 0.5) is 0 Å². The monoisotopic (exact) mass is 238 g/mol. The van der Waals surface area contributed by atoms with E-state index in [9.17, 15) is 0 Å². The molecule has 0 radical (unpaired) electrons. The van der Waals surface area contributed by atoms with Gasteiger partial charge in [0, 0.05) is 12.4 Å². The number of pyridine rings is 1. The second-order valence-corrected chi connectivity index (χ2v) is 5.32. The third-order valence-electron chi connectivity index (χ3n) is 3.77. The lowest BCUT2D eigenvalue weighted by Crippen LogP contribution is -2.35. The van der Waals surface area contributed by atoms with Gasteiger partial charge in [0.15, 0.2) is 0 Å². The first-order valence-corrected chi connectivity index (χ1v) is 6.42. The van der Waals surface area contributed by atoms with Crippen molar-refractivity contribution in [2.45, 2.75) is 38.5 Å². The fourth-order valence-corrected chi connectivity index (χ4v) is 2.89. The maximum atomic E-state index is 6.16. The number of aromatic nitrogens is 1. The normalized spacial score (nSPS) is 19.6. The first-order chi connectivity index (χ1) is 7.76. The predicted molar refractivity (Wildman–Crippen MR) is 67.5 cm³/mol. The Morgan fingerprint density at radius 1 is 1.31 bits per heavy atom. The molecular weight excluding hydrogens is 220 g/mol. The Kier molecular flexibility index (Phi) is 3.82. The fourth-order valence-electron chi connectivity index (χ4n) is 2.71. The third kappa shape index (κ3) is 2.55. The average Bonchev–Trinajstić information content (AvgIpc) is 2.33. The Morgan fingerprint density at radius 2 is 2.06 bits per heavy atom. The number of halogens is 1. The lowest BCUT2D eigenvalue weighted by Gasteiger charge is -2.36. The van der Waals surface area contributed by atoms with Gasteiger partial charge < -0.3 is 5.73 Å². The predicted octanol–water partition coefficient (Wildman–Crippen LogP) is 3.19. The molecule has 0 saturated heterocycles. The zero-order valence-corrected chi connectivity index (χ0v) is 10.3. The van der Waals surface area contributed by atoms with Crippen LogP contribution in [0.5, 0.6) is 0 Å². The van der Waals surface area contributed by atoms with Crippen LogP contribution in [0.2, 0.25) is 5.02 Å². The van der Waals surface area contributed by atoms with E-state index in [4.69, 9.17) is 17.3 Å². The molecule has 1 heterocycles. The van der Waals surface area contributed by atoms with E-state index in [1.807, 2.05) is 12.3 Å². The number of nitrogens with two attached hydrogens (primary N) is 1. The molecule has 3 heteroatoms. The van der Waals surface area contributed by atoms with Crippen LogP contribution >= 0.6 is 11.6 Å². The Labute approximate surface area is 102 Å². The number of hydrogen-bond acceptors (Lipinski definition) is 2. The lowest BCUT2D eigenvalue weighted by atomic mass is 9.70. The van der Waals surface area contributed by atoms with Crippen LogP contribution in [0.25, 0.3) is 0 Å². The minimum Gasteiger partial charge on any atom is -0.330 e. The topological polar surface area (TPSA) is 38.9 Å². The Hall–Kier alpha value is -0.600. The standard InChI is InChI=1S/C13H19ClN2/c14-12-9-16-7-4-11(12)8-13(10-15)5-2-1-3-6-13/h4,7,9H,1-3,5-6,8,10,15H2. The van der Waals surface area contributed by atoms with Gasteiger partial charge >= 0.3 is 0 Å². The summed E-state index contributed by atoms with van der Waals surface area (Å²) < 4.78 is 0. The second kappa shape index (κ2) is 5.15. The van der Waals surface area contributed by atoms with E-state index in [-0.39, 0.29) is 5.41 Å². The molecule has 0 amide bonds. The van der Waals surface area contributed by atoms with Crippen LogP contribution in [0, 0.1) is 5.41 Å². The first-order valence-electron chi connectivity index (χ1n) is 6.04. The van der Waals surface area contributed by atoms with Crippen molar-refractivity contribution >= 4 is 11.6 Å². The molecule has 0 unspecified atom stereocenters. The third-order valence-corrected chi connectivity index (χ3v) is 4.11. The van der Waals surface area contributed by atoms with Gasteiger partial charge in [0.1, 0.15) is 0 Å². The highest BCUT2D eigenvalue weighted by molar-refractivity contribution is 6.31. The van der Waals surface area contributed by atoms with Gasteiger partial charge in [-0.25, -0.2) is 0 Å². The van der Waals surface area contributed by atoms with Crippen LogP contribution in [0.15, 0.2) is 18.5 Å². The van der Waals surface area contributed by atoms with E-state index in [1.165, 1.54) is 37.7 Å². The zero-order valence-electron chi connectivity index (χ0n) is 9.58. The quantitative estimate of drug-likeness (QED) is 0.879. The minimum atomic E-state index is 0.281. The summed E-state index contributed by atoms with van der Waals surface area (Å²) in [5.74, 6) is 0. The Balaban J connectivity index is 2.15. The largest absolute Gasteiger partial charge is 0.330 e. The summed E-state index contributed by atoms with van der Waals surface area (Å²) in [6.07, 6.45) is 11.0. The van der Waals surface area contributed by atoms with Crippen LogP contribution in [-0.2, 0) is 6.42 Å². The number of hydrogen-bond donors (Lipinski definition) is 1. The zero-order chi connectivity index (χ0) is 11.4. The minimum absolute atomic E-state index is 0.281. The smallest absolute Gasteiger partial charge is 0.0621 e. The number of nitrogens with zero attached hydrogens (tertiary/aromatic N) is 1. The summed E-state index contributed by atoms with van der Waals surface area (Å²) in [4.78, 5) is 4.02. The molecule has 1 aliphatic carbocycles. The summed E-state index contributed by atoms with van der Waals surface area (Å²) in [6.45, 7) is 0.769. The molecule has 2 rings (SSSR count). The summed E-state index contributed by atoms with van der Waals surface area (Å²) >= 11 is 6.16. The summed E-state index contributed by atoms with van der Waals surface area (Å²) in [6, 6.07) is 2.02. The highest BCUT2D eigenvalue weighted by atomic mass is 35.5. The van der Waals surface area contributed by atoms with Crippen molar-refractivity contribution in [2.75, 3.05) is 6.54 Å². The molecule has 0 spiro atoms. The average molecular weight is 239 g/mol. The highest BCUT2D eigenvalue weighted by Gasteiger charge is 2.31. The SMILES string of the molecule is NCC1(Cc2ccncc2Cl)CCCCC1. The molecule has 88 valence electrons. The van der Waals surface area contributed by atoms with Crippen molar-refractivity contribution < 1.29 is 0 Å². The summed E-state index contributed by atoms with van der Waals surface area (Å²) in [5, 5.41) is 0.779. The van der Waals surface area contributed by atoms with Crippen molar-refractivity contribution in [1.29, 1.82) is 0 Å². The van der Waals surface area contributed by atoms with E-state index in [2.05, 4.69) is 4.98 Å². The second-order valence-electron chi connectivity index (χ2n) is 4.91. The highest BCUT2D eigenvalue weighted by Crippen LogP contribution is 2.39. The van der Waals surface area contributed by atoms with Crippen molar-refractivity contribution in [2.24, 2.45) is 11.1 Å². The molecular formula is C13H19ClN2. The van der Waals surface area contributed by atoms with Gasteiger partial charge in [-0.3, -0.25) is 4.98 Å². The Morgan fingerprint density at radius 3 is 2.69 bits per heavy atom. The molecule has 0 aromatic carbocycles. The van der Waals surface area contributed by atoms with Gasteiger partial charge in [-0.05, 0) is 42.9 Å². The molecule has 1 aromatic rings. The fraction of sp³-hybridized carbons (Fsp3) is 0.615. The molecule has 1 aromatic heterocycles. The van der Waals surface area contributed by atoms with Gasteiger partial charge in [0.2, 0.25) is 0 Å². The van der Waals surface area contributed by atoms with E-state index < -0.39 is 0 Å². The van der Waals surface area contributed by atoms with Crippen LogP contribution in [0.1, 0.15) is 37.7 Å². The van der Waals surface area contributed by atoms with Crippen molar-refractivity contribution in [1.82, 2.24) is 4.98 Å². The van der Waals surface area contributed by atoms with Gasteiger partial charge in [-0.1, -0.05) is 30.9 Å². The summed E-state index contributed by atoms with van der Waals surface area (Å²) in [7, 11) is 0. The van der Waals surface area contributed by atoms with Gasteiger partial charge in [0.25, 0.3) is 0 Å². The van der Waals surface area contributed by atoms with Crippen molar-refractivity contribution in [3.8, 4) is 0 Å². The van der Waals surface area contributed by atoms with Gasteiger partial charge in [-0.15, -0.1) is 0 Å². The van der Waals surface area contributed by atoms with Crippen LogP contribution < -0.4 is 5.73 Å². The van der Waals surface area contributed by atoms with Gasteiger partial charge in [0.05, 0.1) is 5.02 Å². The first kappa shape index (κ1) is 11.9. The maximum absolute atomic E-state index is 6.16. The van der Waals surface area contributed by atoms with Gasteiger partial charge in [-0.2, -0.15) is 0 Å². The van der Waals surface area contributed by atoms with Crippen molar-refractivity contribution in [3.63, 3.8) is 0 Å². The van der Waals surface area contributed by atoms with E-state index in [1.54, 1.807) is 6.20 Å². The van der Waals surface area contributed by atoms with E-state index in [0.29, 0.717) is 0 Å². The lowest BCUT2D eigenvalue weighted by molar-refractivity contribution is 0.197. The molecule has 1 fully saturated rings. The molecule has 1 saturated carbocycles. The van der Waals surface area contributed by atoms with Crippen LogP contribution in [-0.4, -0.2) is 11.5 Å². The van der Waals surface area contributed by atoms with Crippen molar-refractivity contribution in [3.05, 3.63) is 29.0 Å². The summed E-state index contributed by atoms with van der Waals surface area (Å²) in [5.41, 5.74) is 7.46. The maximum Gasteiger partial charge on any atom is 0.0621 e. The molecule has 16 heavy (non-hydrogen) atoms. The Bertz CT molecular complexity index is 346. The van der Waals surface area contributed by atoms with Crippen LogP contribution in [0.3, 0.4) is 0 Å². The van der Waals surface area contributed by atoms with E-state index in [0.717, 1.165) is 18.0 Å². The molecule has 0 bridgehead atoms. The molecule has 1 aliphatic rings. The molecule has 2 nitrogen and oxygen atoms in total. The number of rotatable bonds is 3. The van der Waals surface area contributed by atoms with E-state index >= 15 is 0 Å². The molecule has 0 aliphatic heterocycles. The molecule has 2 N–H and O–H groups in total. The molecule has 0 atom stereocenters.